The van der Waals surface area contributed by atoms with Crippen molar-refractivity contribution in [3.63, 3.8) is 0 Å². The molecule has 0 bridgehead atoms. The molecule has 50 heavy (non-hydrogen) atoms. The molecule has 1 aliphatic carbocycles. The average Bonchev–Trinajstić information content (AvgIpc) is 3.57. The summed E-state index contributed by atoms with van der Waals surface area (Å²) in [5.74, 6) is -0.596. The van der Waals surface area contributed by atoms with Crippen molar-refractivity contribution in [1.29, 1.82) is 0 Å². The van der Waals surface area contributed by atoms with Crippen LogP contribution in [0.4, 0.5) is 4.79 Å². The van der Waals surface area contributed by atoms with Gasteiger partial charge in [0.05, 0.1) is 37.4 Å². The van der Waals surface area contributed by atoms with E-state index in [9.17, 15) is 24.3 Å². The van der Waals surface area contributed by atoms with E-state index in [1.807, 2.05) is 26.0 Å². The number of aliphatic hydroxyl groups is 1. The van der Waals surface area contributed by atoms with Gasteiger partial charge in [-0.05, 0) is 58.4 Å². The lowest BCUT2D eigenvalue weighted by atomic mass is 9.85. The number of carbonyl (C=O) groups is 4. The summed E-state index contributed by atoms with van der Waals surface area (Å²) in [5, 5.41) is 20.0. The number of allylic oxidation sites excluding steroid dienone is 2. The third-order valence-corrected chi connectivity index (χ3v) is 9.91. The van der Waals surface area contributed by atoms with Gasteiger partial charge in [-0.25, -0.2) is 9.78 Å². The van der Waals surface area contributed by atoms with Crippen LogP contribution in [0.5, 0.6) is 0 Å². The van der Waals surface area contributed by atoms with Crippen LogP contribution in [-0.4, -0.2) is 105 Å². The molecular formula is C36H51N5O9. The first kappa shape index (κ1) is 37.4. The number of amides is 3. The number of aromatic nitrogens is 2. The number of nitrogens with zero attached hydrogens (tertiary/aromatic N) is 2. The summed E-state index contributed by atoms with van der Waals surface area (Å²) in [6.07, 6.45) is 14.1. The van der Waals surface area contributed by atoms with Crippen LogP contribution in [0.2, 0.25) is 0 Å². The summed E-state index contributed by atoms with van der Waals surface area (Å²) in [6.45, 7) is 9.48. The standard InChI is InChI=1S/C36H51N5O9/c1-21(6-9-30-22(2)14-29(24(4)49-30)40-32(43)11-8-23(3)48-25(5)42)7-10-31-34(45)36(19-47-36)18-28(50-31)17-33(44)38-26-15-27(16-26)39-35(46)41-13-12-37-20-41/h6-8,10-13,20,22-24,26-31,34,45H,9,14-19H2,1-5H3,(H,38,44)(H,39,46)(H,40,43)/b10-7+,11-8-,21-6+/t22-,23-,24+,26?,27?,28+,29+,30-,31+,34+,36+/m0/s1. The van der Waals surface area contributed by atoms with Gasteiger partial charge < -0.3 is 40.0 Å². The second kappa shape index (κ2) is 16.4. The molecule has 3 aliphatic heterocycles. The van der Waals surface area contributed by atoms with Crippen LogP contribution in [0.3, 0.4) is 0 Å². The largest absolute Gasteiger partial charge is 0.459 e. The summed E-state index contributed by atoms with van der Waals surface area (Å²) < 4.78 is 24.6. The van der Waals surface area contributed by atoms with E-state index in [4.69, 9.17) is 18.9 Å². The third kappa shape index (κ3) is 10.1. The number of ether oxygens (including phenoxy) is 4. The van der Waals surface area contributed by atoms with E-state index in [0.29, 0.717) is 32.3 Å². The van der Waals surface area contributed by atoms with Crippen LogP contribution in [0.15, 0.2) is 54.7 Å². The molecule has 1 aromatic heterocycles. The van der Waals surface area contributed by atoms with Crippen LogP contribution in [0.1, 0.15) is 73.1 Å². The van der Waals surface area contributed by atoms with E-state index in [1.165, 1.54) is 23.9 Å². The van der Waals surface area contributed by atoms with Crippen molar-refractivity contribution in [3.8, 4) is 0 Å². The smallest absolute Gasteiger partial charge is 0.327 e. The number of imidazole rings is 1. The van der Waals surface area contributed by atoms with Gasteiger partial charge in [0.2, 0.25) is 11.8 Å². The van der Waals surface area contributed by atoms with Crippen molar-refractivity contribution < 1.29 is 43.2 Å². The predicted molar refractivity (Wildman–Crippen MR) is 182 cm³/mol. The number of epoxide rings is 1. The molecule has 4 fully saturated rings. The molecule has 14 nitrogen and oxygen atoms in total. The van der Waals surface area contributed by atoms with Crippen LogP contribution >= 0.6 is 0 Å². The zero-order valence-electron chi connectivity index (χ0n) is 29.4. The number of aliphatic hydroxyl groups excluding tert-OH is 1. The summed E-state index contributed by atoms with van der Waals surface area (Å²) in [4.78, 5) is 52.5. The molecule has 274 valence electrons. The minimum Gasteiger partial charge on any atom is -0.459 e. The number of hydrogen-bond donors (Lipinski definition) is 4. The molecule has 14 heteroatoms. The maximum Gasteiger partial charge on any atom is 0.327 e. The first-order valence-electron chi connectivity index (χ1n) is 17.5. The monoisotopic (exact) mass is 697 g/mol. The first-order chi connectivity index (χ1) is 23.8. The number of nitrogens with one attached hydrogen (secondary N) is 3. The Morgan fingerprint density at radius 3 is 2.50 bits per heavy atom. The second-order valence-corrected chi connectivity index (χ2v) is 14.2. The molecule has 0 unspecified atom stereocenters. The van der Waals surface area contributed by atoms with Crippen molar-refractivity contribution in [2.75, 3.05) is 6.61 Å². The van der Waals surface area contributed by atoms with E-state index in [0.717, 1.165) is 12.0 Å². The van der Waals surface area contributed by atoms with Gasteiger partial charge in [-0.1, -0.05) is 30.7 Å². The molecule has 4 heterocycles. The van der Waals surface area contributed by atoms with Gasteiger partial charge in [-0.2, -0.15) is 0 Å². The highest BCUT2D eigenvalue weighted by atomic mass is 16.6. The number of rotatable bonds is 12. The highest BCUT2D eigenvalue weighted by Gasteiger charge is 2.58. The normalized spacial score (nSPS) is 34.6. The van der Waals surface area contributed by atoms with Crippen LogP contribution < -0.4 is 16.0 Å². The first-order valence-corrected chi connectivity index (χ1v) is 17.5. The van der Waals surface area contributed by atoms with Crippen LogP contribution in [0.25, 0.3) is 0 Å². The van der Waals surface area contributed by atoms with Gasteiger partial charge in [0.15, 0.2) is 0 Å². The minimum absolute atomic E-state index is 0.00956. The Bertz CT molecular complexity index is 1450. The maximum absolute atomic E-state index is 12.9. The van der Waals surface area contributed by atoms with Crippen LogP contribution in [0, 0.1) is 5.92 Å². The summed E-state index contributed by atoms with van der Waals surface area (Å²) in [6, 6.07) is -0.415. The fourth-order valence-electron chi connectivity index (χ4n) is 6.86. The predicted octanol–water partition coefficient (Wildman–Crippen LogP) is 2.46. The molecular weight excluding hydrogens is 646 g/mol. The number of hydrogen-bond acceptors (Lipinski definition) is 10. The highest BCUT2D eigenvalue weighted by molar-refractivity contribution is 5.87. The zero-order chi connectivity index (χ0) is 36.0. The quantitative estimate of drug-likeness (QED) is 0.110. The number of carbonyl (C=O) groups excluding carboxylic acids is 4. The Kier molecular flexibility index (Phi) is 12.3. The van der Waals surface area contributed by atoms with Crippen molar-refractivity contribution in [3.05, 3.63) is 54.7 Å². The molecule has 3 saturated heterocycles. The van der Waals surface area contributed by atoms with Gasteiger partial charge in [-0.15, -0.1) is 0 Å². The molecule has 1 saturated carbocycles. The Hall–Kier alpha value is -3.85. The molecule has 9 atom stereocenters. The Labute approximate surface area is 293 Å². The van der Waals surface area contributed by atoms with E-state index >= 15 is 0 Å². The molecule has 1 spiro atoms. The molecule has 1 aromatic rings. The lowest BCUT2D eigenvalue weighted by molar-refractivity contribution is -0.146. The van der Waals surface area contributed by atoms with Crippen molar-refractivity contribution >= 4 is 23.8 Å². The maximum atomic E-state index is 12.9. The highest BCUT2D eigenvalue weighted by Crippen LogP contribution is 2.43. The van der Waals surface area contributed by atoms with E-state index in [2.05, 4.69) is 33.9 Å². The molecule has 0 radical (unpaired) electrons. The van der Waals surface area contributed by atoms with Gasteiger partial charge in [0.25, 0.3) is 0 Å². The fraction of sp³-hybridized carbons (Fsp3) is 0.639. The summed E-state index contributed by atoms with van der Waals surface area (Å²) in [7, 11) is 0. The fourth-order valence-corrected chi connectivity index (χ4v) is 6.86. The lowest BCUT2D eigenvalue weighted by Crippen LogP contribution is -2.55. The molecule has 4 aliphatic rings. The third-order valence-electron chi connectivity index (χ3n) is 9.91. The van der Waals surface area contributed by atoms with Gasteiger partial charge in [-0.3, -0.25) is 19.0 Å². The molecule has 0 aromatic carbocycles. The average molecular weight is 698 g/mol. The van der Waals surface area contributed by atoms with Gasteiger partial charge in [0.1, 0.15) is 30.2 Å². The molecule has 5 rings (SSSR count). The lowest BCUT2D eigenvalue weighted by Gasteiger charge is -2.39. The summed E-state index contributed by atoms with van der Waals surface area (Å²) in [5.41, 5.74) is 0.288. The molecule has 3 amide bonds. The topological polar surface area (TPSA) is 183 Å². The summed E-state index contributed by atoms with van der Waals surface area (Å²) >= 11 is 0. The molecule has 4 N–H and O–H groups in total. The van der Waals surface area contributed by atoms with Crippen molar-refractivity contribution in [1.82, 2.24) is 25.5 Å². The number of esters is 1. The van der Waals surface area contributed by atoms with E-state index in [-0.39, 0.29) is 60.5 Å². The Balaban J connectivity index is 1.05. The Morgan fingerprint density at radius 1 is 1.08 bits per heavy atom. The van der Waals surface area contributed by atoms with Gasteiger partial charge >= 0.3 is 12.0 Å². The van der Waals surface area contributed by atoms with E-state index in [1.54, 1.807) is 25.4 Å². The second-order valence-electron chi connectivity index (χ2n) is 14.2. The van der Waals surface area contributed by atoms with Crippen molar-refractivity contribution in [2.45, 2.75) is 133 Å². The van der Waals surface area contributed by atoms with Crippen molar-refractivity contribution in [2.24, 2.45) is 5.92 Å². The Morgan fingerprint density at radius 2 is 1.82 bits per heavy atom. The van der Waals surface area contributed by atoms with Gasteiger partial charge in [0, 0.05) is 43.9 Å². The SMILES string of the molecule is CC(=O)O[C@@H](C)/C=C\C(=O)N[C@@H]1C[C@H](C)[C@H](C/C=C(C)/C=C/[C@H]2O[C@H](CC(=O)NC3CC(NC(=O)n4ccnc4)C3)C[C@@]3(CO3)[C@@H]2O)O[C@@H]1C. The minimum atomic E-state index is -0.841. The van der Waals surface area contributed by atoms with Crippen LogP contribution in [-0.2, 0) is 33.3 Å². The zero-order valence-corrected chi connectivity index (χ0v) is 29.4. The van der Waals surface area contributed by atoms with E-state index < -0.39 is 36.0 Å².